The monoisotopic (exact) mass is 309 g/mol. The van der Waals surface area contributed by atoms with Crippen LogP contribution in [0.1, 0.15) is 18.4 Å². The first kappa shape index (κ1) is 14.5. The fourth-order valence-electron chi connectivity index (χ4n) is 2.96. The van der Waals surface area contributed by atoms with Crippen molar-refractivity contribution in [1.82, 2.24) is 10.0 Å². The number of fused-ring (bicyclic) bond motifs is 1. The van der Waals surface area contributed by atoms with Crippen molar-refractivity contribution in [1.29, 1.82) is 0 Å². The van der Waals surface area contributed by atoms with Gasteiger partial charge in [-0.15, -0.1) is 0 Å². The first-order valence-electron chi connectivity index (χ1n) is 7.14. The molecule has 0 aliphatic carbocycles. The average Bonchev–Trinajstić information content (AvgIpc) is 3.15. The van der Waals surface area contributed by atoms with Crippen LogP contribution in [-0.4, -0.2) is 40.5 Å². The fourth-order valence-corrected chi connectivity index (χ4v) is 3.71. The molecular weight excluding hydrogens is 290 g/mol. The van der Waals surface area contributed by atoms with Gasteiger partial charge in [-0.25, -0.2) is 13.1 Å². The van der Waals surface area contributed by atoms with Gasteiger partial charge in [0.05, 0.1) is 10.9 Å². The van der Waals surface area contributed by atoms with Crippen molar-refractivity contribution in [3.63, 3.8) is 0 Å². The van der Waals surface area contributed by atoms with Gasteiger partial charge in [-0.2, -0.15) is 0 Å². The third-order valence-electron chi connectivity index (χ3n) is 4.16. The molecule has 1 fully saturated rings. The zero-order valence-corrected chi connectivity index (χ0v) is 12.7. The maximum absolute atomic E-state index is 12.5. The number of carbonyl (C=O) groups is 1. The van der Waals surface area contributed by atoms with Gasteiger partial charge in [0.25, 0.3) is 0 Å². The lowest BCUT2D eigenvalue weighted by atomic mass is 10.1. The van der Waals surface area contributed by atoms with Crippen LogP contribution in [0.25, 0.3) is 0 Å². The molecule has 0 radical (unpaired) electrons. The van der Waals surface area contributed by atoms with Crippen LogP contribution < -0.4 is 14.9 Å². The highest BCUT2D eigenvalue weighted by molar-refractivity contribution is 7.89. The molecule has 0 aromatic heterocycles. The second-order valence-corrected chi connectivity index (χ2v) is 7.27. The summed E-state index contributed by atoms with van der Waals surface area (Å²) < 4.78 is 26.1. The Kier molecular flexibility index (Phi) is 3.73. The standard InChI is InChI=1S/C14H19N3O3S/c1-15-21(19,20)11-5-4-10-6-8-17(13(10)9-11)14(18)12-3-2-7-16-12/h4-5,9,12,15-16H,2-3,6-8H2,1H3. The number of carbonyl (C=O) groups excluding carboxylic acids is 1. The summed E-state index contributed by atoms with van der Waals surface area (Å²) >= 11 is 0. The summed E-state index contributed by atoms with van der Waals surface area (Å²) in [4.78, 5) is 14.5. The largest absolute Gasteiger partial charge is 0.310 e. The van der Waals surface area contributed by atoms with E-state index in [-0.39, 0.29) is 16.8 Å². The van der Waals surface area contributed by atoms with E-state index in [0.29, 0.717) is 6.54 Å². The lowest BCUT2D eigenvalue weighted by Crippen LogP contribution is -2.43. The molecule has 2 heterocycles. The van der Waals surface area contributed by atoms with E-state index in [1.807, 2.05) is 0 Å². The first-order chi connectivity index (χ1) is 10.0. The molecule has 1 atom stereocenters. The number of nitrogens with one attached hydrogen (secondary N) is 2. The van der Waals surface area contributed by atoms with Crippen molar-refractivity contribution in [2.24, 2.45) is 0 Å². The maximum atomic E-state index is 12.5. The Balaban J connectivity index is 1.93. The number of nitrogens with zero attached hydrogens (tertiary/aromatic N) is 1. The minimum absolute atomic E-state index is 0.0465. The molecular formula is C14H19N3O3S. The molecule has 0 bridgehead atoms. The van der Waals surface area contributed by atoms with Crippen molar-refractivity contribution < 1.29 is 13.2 Å². The van der Waals surface area contributed by atoms with Crippen LogP contribution in [-0.2, 0) is 21.2 Å². The molecule has 2 aliphatic heterocycles. The van der Waals surface area contributed by atoms with Crippen LogP contribution in [0.3, 0.4) is 0 Å². The summed E-state index contributed by atoms with van der Waals surface area (Å²) in [6.45, 7) is 1.49. The van der Waals surface area contributed by atoms with Crippen LogP contribution >= 0.6 is 0 Å². The Morgan fingerprint density at radius 2 is 2.24 bits per heavy atom. The van der Waals surface area contributed by atoms with Gasteiger partial charge in [0.1, 0.15) is 0 Å². The summed E-state index contributed by atoms with van der Waals surface area (Å²) in [6, 6.07) is 4.85. The molecule has 1 amide bonds. The molecule has 1 aromatic carbocycles. The molecule has 0 saturated carbocycles. The van der Waals surface area contributed by atoms with E-state index >= 15 is 0 Å². The van der Waals surface area contributed by atoms with E-state index in [1.54, 1.807) is 23.1 Å². The van der Waals surface area contributed by atoms with Crippen LogP contribution in [0.15, 0.2) is 23.1 Å². The zero-order chi connectivity index (χ0) is 15.0. The zero-order valence-electron chi connectivity index (χ0n) is 11.9. The van der Waals surface area contributed by atoms with E-state index < -0.39 is 10.0 Å². The summed E-state index contributed by atoms with van der Waals surface area (Å²) in [6.07, 6.45) is 2.62. The lowest BCUT2D eigenvalue weighted by Gasteiger charge is -2.21. The highest BCUT2D eigenvalue weighted by Crippen LogP contribution is 2.31. The number of sulfonamides is 1. The minimum Gasteiger partial charge on any atom is -0.310 e. The molecule has 6 nitrogen and oxygen atoms in total. The Bertz CT molecular complexity index is 666. The van der Waals surface area contributed by atoms with Gasteiger partial charge in [0.2, 0.25) is 15.9 Å². The smallest absolute Gasteiger partial charge is 0.244 e. The number of rotatable bonds is 3. The first-order valence-corrected chi connectivity index (χ1v) is 8.62. The third kappa shape index (κ3) is 2.56. The summed E-state index contributed by atoms with van der Waals surface area (Å²) in [5.74, 6) is 0.0465. The van der Waals surface area contributed by atoms with Crippen molar-refractivity contribution >= 4 is 21.6 Å². The quantitative estimate of drug-likeness (QED) is 0.838. The van der Waals surface area contributed by atoms with Gasteiger partial charge in [0.15, 0.2) is 0 Å². The average molecular weight is 309 g/mol. The summed E-state index contributed by atoms with van der Waals surface area (Å²) in [7, 11) is -2.11. The minimum atomic E-state index is -3.49. The van der Waals surface area contributed by atoms with Crippen molar-refractivity contribution in [2.45, 2.75) is 30.2 Å². The predicted molar refractivity (Wildman–Crippen MR) is 79.8 cm³/mol. The van der Waals surface area contributed by atoms with Crippen molar-refractivity contribution in [2.75, 3.05) is 25.0 Å². The van der Waals surface area contributed by atoms with Crippen LogP contribution in [0.4, 0.5) is 5.69 Å². The van der Waals surface area contributed by atoms with Gasteiger partial charge >= 0.3 is 0 Å². The molecule has 2 aliphatic rings. The number of benzene rings is 1. The maximum Gasteiger partial charge on any atom is 0.244 e. The highest BCUT2D eigenvalue weighted by atomic mass is 32.2. The normalized spacial score (nSPS) is 21.6. The molecule has 1 aromatic rings. The molecule has 1 saturated heterocycles. The van der Waals surface area contributed by atoms with Gasteiger partial charge < -0.3 is 10.2 Å². The molecule has 21 heavy (non-hydrogen) atoms. The Morgan fingerprint density at radius 3 is 2.90 bits per heavy atom. The van der Waals surface area contributed by atoms with Gasteiger partial charge in [-0.3, -0.25) is 4.79 Å². The molecule has 7 heteroatoms. The lowest BCUT2D eigenvalue weighted by molar-refractivity contribution is -0.120. The molecule has 0 spiro atoms. The highest BCUT2D eigenvalue weighted by Gasteiger charge is 2.32. The molecule has 3 rings (SSSR count). The number of amides is 1. The van der Waals surface area contributed by atoms with Gasteiger partial charge in [-0.1, -0.05) is 6.07 Å². The van der Waals surface area contributed by atoms with Crippen LogP contribution in [0.5, 0.6) is 0 Å². The second kappa shape index (κ2) is 5.40. The van der Waals surface area contributed by atoms with Crippen LogP contribution in [0.2, 0.25) is 0 Å². The SMILES string of the molecule is CNS(=O)(=O)c1ccc2c(c1)N(C(=O)C1CCCN1)CC2. The summed E-state index contributed by atoms with van der Waals surface area (Å²) in [5, 5.41) is 3.20. The van der Waals surface area contributed by atoms with Crippen molar-refractivity contribution in [3.05, 3.63) is 23.8 Å². The van der Waals surface area contributed by atoms with Crippen LogP contribution in [0, 0.1) is 0 Å². The van der Waals surface area contributed by atoms with E-state index in [4.69, 9.17) is 0 Å². The van der Waals surface area contributed by atoms with E-state index in [1.165, 1.54) is 7.05 Å². The van der Waals surface area contributed by atoms with E-state index in [9.17, 15) is 13.2 Å². The van der Waals surface area contributed by atoms with Crippen molar-refractivity contribution in [3.8, 4) is 0 Å². The second-order valence-electron chi connectivity index (χ2n) is 5.39. The number of anilines is 1. The Morgan fingerprint density at radius 1 is 1.43 bits per heavy atom. The Labute approximate surface area is 124 Å². The molecule has 2 N–H and O–H groups in total. The number of hydrogen-bond donors (Lipinski definition) is 2. The van der Waals surface area contributed by atoms with E-state index in [0.717, 1.165) is 37.1 Å². The Hall–Kier alpha value is -1.44. The summed E-state index contributed by atoms with van der Waals surface area (Å²) in [5.41, 5.74) is 1.75. The van der Waals surface area contributed by atoms with E-state index in [2.05, 4.69) is 10.0 Å². The predicted octanol–water partition coefficient (Wildman–Crippen LogP) is 0.236. The fraction of sp³-hybridized carbons (Fsp3) is 0.500. The third-order valence-corrected chi connectivity index (χ3v) is 5.57. The van der Waals surface area contributed by atoms with Gasteiger partial charge in [-0.05, 0) is 50.6 Å². The number of hydrogen-bond acceptors (Lipinski definition) is 4. The topological polar surface area (TPSA) is 78.5 Å². The molecule has 1 unspecified atom stereocenters. The molecule has 114 valence electrons. The van der Waals surface area contributed by atoms with Gasteiger partial charge in [0, 0.05) is 12.2 Å².